The number of aliphatic hydroxyl groups excluding tert-OH is 1. The molecular weight excluding hydrogens is 1390 g/mol. The summed E-state index contributed by atoms with van der Waals surface area (Å²) in [6.45, 7) is 9.75. The lowest BCUT2D eigenvalue weighted by molar-refractivity contribution is -0.161. The molecule has 0 radical (unpaired) electrons. The molecule has 0 rings (SSSR count). The van der Waals surface area contributed by atoms with Gasteiger partial charge in [0.1, 0.15) is 19.3 Å². The number of phosphoric acid groups is 2. The second-order valence-corrected chi connectivity index (χ2v) is 35.3. The fourth-order valence-electron chi connectivity index (χ4n) is 13.7. The summed E-state index contributed by atoms with van der Waals surface area (Å²) in [5.41, 5.74) is 0. The number of carbonyl (C=O) groups is 4. The Balaban J connectivity index is 5.20. The third-order valence-corrected chi connectivity index (χ3v) is 23.0. The normalized spacial score (nSPS) is 14.0. The van der Waals surface area contributed by atoms with E-state index in [0.717, 1.165) is 102 Å². The molecule has 0 aromatic carbocycles. The van der Waals surface area contributed by atoms with Crippen LogP contribution in [-0.2, 0) is 65.4 Å². The number of ether oxygens (including phenoxy) is 4. The minimum Gasteiger partial charge on any atom is -0.462 e. The van der Waals surface area contributed by atoms with E-state index in [9.17, 15) is 43.2 Å². The summed E-state index contributed by atoms with van der Waals surface area (Å²) >= 11 is 0. The van der Waals surface area contributed by atoms with Crippen molar-refractivity contribution in [2.24, 2.45) is 11.8 Å². The maximum absolute atomic E-state index is 13.2. The van der Waals surface area contributed by atoms with Gasteiger partial charge in [-0.25, -0.2) is 9.13 Å². The van der Waals surface area contributed by atoms with E-state index in [0.29, 0.717) is 25.7 Å². The maximum atomic E-state index is 13.2. The Morgan fingerprint density at radius 3 is 0.710 bits per heavy atom. The van der Waals surface area contributed by atoms with Crippen molar-refractivity contribution in [1.29, 1.82) is 0 Å². The van der Waals surface area contributed by atoms with Crippen LogP contribution in [0.3, 0.4) is 0 Å². The van der Waals surface area contributed by atoms with Crippen LogP contribution >= 0.6 is 15.6 Å². The van der Waals surface area contributed by atoms with Gasteiger partial charge in [0.2, 0.25) is 0 Å². The van der Waals surface area contributed by atoms with Crippen LogP contribution in [0.5, 0.6) is 0 Å². The van der Waals surface area contributed by atoms with Crippen LogP contribution in [0.15, 0.2) is 0 Å². The van der Waals surface area contributed by atoms with Crippen molar-refractivity contribution in [2.45, 2.75) is 490 Å². The molecule has 636 valence electrons. The SMILES string of the molecule is CCCCCCCCCCCCCCCCCCCCCC(=O)OC[C@H](COP(=O)(O)OC[C@@H](O)COP(=O)(O)OC[C@@H](COC(=O)CCCCCCCCCCC)OC(=O)CCCCCCCCCCCCCCCCC(C)C)OC(=O)CCCCCCCCCCCCCCCCCCCCC(C)CC. The van der Waals surface area contributed by atoms with E-state index in [-0.39, 0.29) is 25.7 Å². The molecule has 0 heterocycles. The molecule has 0 aliphatic carbocycles. The van der Waals surface area contributed by atoms with Gasteiger partial charge in [-0.1, -0.05) is 420 Å². The third-order valence-electron chi connectivity index (χ3n) is 21.1. The van der Waals surface area contributed by atoms with E-state index < -0.39 is 97.5 Å². The first-order chi connectivity index (χ1) is 51.9. The van der Waals surface area contributed by atoms with E-state index in [1.807, 2.05) is 0 Å². The van der Waals surface area contributed by atoms with Gasteiger partial charge in [0.05, 0.1) is 26.4 Å². The van der Waals surface area contributed by atoms with Crippen molar-refractivity contribution in [3.05, 3.63) is 0 Å². The number of phosphoric ester groups is 2. The minimum atomic E-state index is -4.97. The largest absolute Gasteiger partial charge is 0.472 e. The van der Waals surface area contributed by atoms with E-state index >= 15 is 0 Å². The molecule has 0 fully saturated rings. The number of aliphatic hydroxyl groups is 1. The summed E-state index contributed by atoms with van der Waals surface area (Å²) in [7, 11) is -9.93. The first-order valence-corrected chi connectivity index (χ1v) is 48.5. The van der Waals surface area contributed by atoms with Gasteiger partial charge in [0.15, 0.2) is 12.2 Å². The van der Waals surface area contributed by atoms with E-state index in [1.165, 1.54) is 289 Å². The highest BCUT2D eigenvalue weighted by atomic mass is 31.2. The van der Waals surface area contributed by atoms with Crippen LogP contribution in [-0.4, -0.2) is 96.7 Å². The fourth-order valence-corrected chi connectivity index (χ4v) is 15.3. The number of carbonyl (C=O) groups excluding carboxylic acids is 4. The quantitative estimate of drug-likeness (QED) is 0.0222. The van der Waals surface area contributed by atoms with Crippen LogP contribution in [0, 0.1) is 11.8 Å². The summed E-state index contributed by atoms with van der Waals surface area (Å²) in [5, 5.41) is 10.7. The van der Waals surface area contributed by atoms with Gasteiger partial charge in [-0.15, -0.1) is 0 Å². The lowest BCUT2D eigenvalue weighted by Crippen LogP contribution is -2.30. The zero-order valence-corrected chi connectivity index (χ0v) is 72.2. The molecule has 0 aliphatic heterocycles. The number of hydrogen-bond donors (Lipinski definition) is 3. The second kappa shape index (κ2) is 79.3. The highest BCUT2D eigenvalue weighted by Crippen LogP contribution is 2.45. The Morgan fingerprint density at radius 2 is 0.477 bits per heavy atom. The van der Waals surface area contributed by atoms with Crippen molar-refractivity contribution in [1.82, 2.24) is 0 Å². The summed E-state index contributed by atoms with van der Waals surface area (Å²) in [5.74, 6) is -0.434. The van der Waals surface area contributed by atoms with Crippen molar-refractivity contribution < 1.29 is 80.2 Å². The van der Waals surface area contributed by atoms with Crippen molar-refractivity contribution >= 4 is 39.5 Å². The van der Waals surface area contributed by atoms with Crippen LogP contribution in [0.4, 0.5) is 0 Å². The smallest absolute Gasteiger partial charge is 0.462 e. The Bertz CT molecular complexity index is 2050. The topological polar surface area (TPSA) is 237 Å². The number of esters is 4. The molecule has 3 unspecified atom stereocenters. The van der Waals surface area contributed by atoms with Gasteiger partial charge < -0.3 is 33.8 Å². The van der Waals surface area contributed by atoms with Gasteiger partial charge in [0, 0.05) is 25.7 Å². The number of unbranched alkanes of at least 4 members (excludes halogenated alkanes) is 56. The van der Waals surface area contributed by atoms with Gasteiger partial charge in [0.25, 0.3) is 0 Å². The highest BCUT2D eigenvalue weighted by molar-refractivity contribution is 7.47. The second-order valence-electron chi connectivity index (χ2n) is 32.4. The molecule has 6 atom stereocenters. The van der Waals surface area contributed by atoms with Crippen LogP contribution < -0.4 is 0 Å². The van der Waals surface area contributed by atoms with Gasteiger partial charge in [-0.05, 0) is 37.5 Å². The average molecular weight is 1560 g/mol. The number of rotatable bonds is 87. The molecule has 107 heavy (non-hydrogen) atoms. The molecule has 0 saturated heterocycles. The molecule has 0 amide bonds. The fraction of sp³-hybridized carbons (Fsp3) is 0.955. The lowest BCUT2D eigenvalue weighted by atomic mass is 9.99. The van der Waals surface area contributed by atoms with Crippen molar-refractivity contribution in [2.75, 3.05) is 39.6 Å². The van der Waals surface area contributed by atoms with Gasteiger partial charge in [-0.2, -0.15) is 0 Å². The Hall–Kier alpha value is -1.94. The molecule has 0 bridgehead atoms. The zero-order valence-electron chi connectivity index (χ0n) is 70.5. The van der Waals surface area contributed by atoms with Crippen molar-refractivity contribution in [3.63, 3.8) is 0 Å². The van der Waals surface area contributed by atoms with Crippen LogP contribution in [0.1, 0.15) is 472 Å². The molecule has 0 saturated carbocycles. The molecular formula is C88H172O17P2. The van der Waals surface area contributed by atoms with Crippen molar-refractivity contribution in [3.8, 4) is 0 Å². The predicted octanol–water partition coefficient (Wildman–Crippen LogP) is 27.0. The summed E-state index contributed by atoms with van der Waals surface area (Å²) in [4.78, 5) is 73.2. The standard InChI is InChI=1S/C88H172O17P2/c1-7-10-12-14-16-18-19-20-21-22-23-27-30-36-41-47-53-59-65-71-86(91)99-77-84(105-88(93)72-66-60-54-48-42-37-31-28-25-24-26-29-35-40-46-51-57-63-69-81(6)9-3)79-103-107(96,97)101-75-82(89)74-100-106(94,95)102-78-83(76-98-85(90)70-64-58-52-44-17-15-13-11-8-2)104-87(92)73-67-61-55-49-43-38-33-32-34-39-45-50-56-62-68-80(4)5/h80-84,89H,7-79H2,1-6H3,(H,94,95)(H,96,97)/t81?,82-,83+,84+/m0/s1. The molecule has 0 aromatic heterocycles. The third kappa shape index (κ3) is 80.5. The maximum Gasteiger partial charge on any atom is 0.472 e. The Labute approximate surface area is 658 Å². The minimum absolute atomic E-state index is 0.108. The lowest BCUT2D eigenvalue weighted by Gasteiger charge is -2.21. The molecule has 17 nitrogen and oxygen atoms in total. The van der Waals surface area contributed by atoms with Crippen LogP contribution in [0.2, 0.25) is 0 Å². The highest BCUT2D eigenvalue weighted by Gasteiger charge is 2.31. The summed E-state index contributed by atoms with van der Waals surface area (Å²) in [6, 6.07) is 0. The van der Waals surface area contributed by atoms with Gasteiger partial charge in [-0.3, -0.25) is 37.3 Å². The summed E-state index contributed by atoms with van der Waals surface area (Å²) < 4.78 is 68.9. The summed E-state index contributed by atoms with van der Waals surface area (Å²) in [6.07, 6.45) is 72.2. The molecule has 19 heteroatoms. The van der Waals surface area contributed by atoms with Gasteiger partial charge >= 0.3 is 39.5 Å². The molecule has 3 N–H and O–H groups in total. The molecule has 0 aliphatic rings. The zero-order chi connectivity index (χ0) is 78.5. The average Bonchev–Trinajstić information content (AvgIpc) is 0.902. The molecule has 0 aromatic rings. The van der Waals surface area contributed by atoms with E-state index in [1.54, 1.807) is 0 Å². The Morgan fingerprint density at radius 1 is 0.271 bits per heavy atom. The van der Waals surface area contributed by atoms with Crippen LogP contribution in [0.25, 0.3) is 0 Å². The van der Waals surface area contributed by atoms with E-state index in [4.69, 9.17) is 37.0 Å². The Kier molecular flexibility index (Phi) is 77.9. The van der Waals surface area contributed by atoms with E-state index in [2.05, 4.69) is 41.5 Å². The number of hydrogen-bond acceptors (Lipinski definition) is 15. The predicted molar refractivity (Wildman–Crippen MR) is 442 cm³/mol. The first-order valence-electron chi connectivity index (χ1n) is 45.5. The monoisotopic (exact) mass is 1560 g/mol. The molecule has 0 spiro atoms. The first kappa shape index (κ1) is 105.